The second-order valence-corrected chi connectivity index (χ2v) is 11.6. The van der Waals surface area contributed by atoms with Crippen LogP contribution in [0.5, 0.6) is 0 Å². The highest BCUT2D eigenvalue weighted by Gasteiger charge is 2.33. The number of likely N-dealkylation sites (N-methyl/N-ethyl adjacent to an activating group) is 1. The molecule has 1 unspecified atom stereocenters. The first-order chi connectivity index (χ1) is 18.1. The maximum absolute atomic E-state index is 13.8. The van der Waals surface area contributed by atoms with Crippen LogP contribution in [0.1, 0.15) is 35.6 Å². The van der Waals surface area contributed by atoms with Crippen molar-refractivity contribution in [2.24, 2.45) is 0 Å². The van der Waals surface area contributed by atoms with E-state index in [1.54, 1.807) is 12.1 Å². The normalized spacial score (nSPS) is 12.2. The highest BCUT2D eigenvalue weighted by molar-refractivity contribution is 7.89. The topological polar surface area (TPSA) is 86.8 Å². The number of nitrogens with zero attached hydrogens (tertiary/aromatic N) is 2. The van der Waals surface area contributed by atoms with Crippen LogP contribution in [0.25, 0.3) is 0 Å². The van der Waals surface area contributed by atoms with E-state index >= 15 is 0 Å². The molecule has 0 heterocycles. The summed E-state index contributed by atoms with van der Waals surface area (Å²) in [6.45, 7) is 6.08. The van der Waals surface area contributed by atoms with Crippen LogP contribution in [-0.2, 0) is 32.6 Å². The number of hydrogen-bond acceptors (Lipinski definition) is 4. The summed E-state index contributed by atoms with van der Waals surface area (Å²) in [6.07, 6.45) is 1.07. The van der Waals surface area contributed by atoms with Gasteiger partial charge in [-0.25, -0.2) is 8.42 Å². The number of rotatable bonds is 12. The Balaban J connectivity index is 1.96. The Morgan fingerprint density at radius 1 is 0.868 bits per heavy atom. The molecule has 0 aliphatic rings. The number of amides is 2. The van der Waals surface area contributed by atoms with Gasteiger partial charge in [0.1, 0.15) is 6.04 Å². The summed E-state index contributed by atoms with van der Waals surface area (Å²) in [7, 11) is -2.51. The predicted molar refractivity (Wildman–Crippen MR) is 150 cm³/mol. The van der Waals surface area contributed by atoms with Gasteiger partial charge in [-0.1, -0.05) is 84.8 Å². The Bertz CT molecular complexity index is 1330. The van der Waals surface area contributed by atoms with E-state index in [9.17, 15) is 18.0 Å². The number of carbonyl (C=O) groups excluding carboxylic acids is 2. The van der Waals surface area contributed by atoms with Gasteiger partial charge in [0.15, 0.2) is 0 Å². The molecule has 0 aliphatic carbocycles. The molecular formula is C30H37N3O4S. The Morgan fingerprint density at radius 3 is 2.16 bits per heavy atom. The number of aryl methyl sites for hydroxylation is 2. The standard InChI is InChI=1S/C30H37N3O4S/c1-5-18-31-30(35)28(20-25-11-7-6-8-12-25)33(21-26-13-9-10-24(3)19-26)29(34)22-32(4)38(36,37)27-16-14-23(2)15-17-27/h6-17,19,28H,5,18,20-22H2,1-4H3,(H,31,35). The van der Waals surface area contributed by atoms with E-state index in [-0.39, 0.29) is 17.3 Å². The molecule has 0 saturated heterocycles. The highest BCUT2D eigenvalue weighted by Crippen LogP contribution is 2.19. The lowest BCUT2D eigenvalue weighted by Crippen LogP contribution is -2.53. The number of nitrogens with one attached hydrogen (secondary N) is 1. The predicted octanol–water partition coefficient (Wildman–Crippen LogP) is 4.09. The van der Waals surface area contributed by atoms with Crippen LogP contribution in [0.4, 0.5) is 0 Å². The van der Waals surface area contributed by atoms with Gasteiger partial charge in [0.25, 0.3) is 0 Å². The Kier molecular flexibility index (Phi) is 10.2. The first-order valence-corrected chi connectivity index (χ1v) is 14.3. The van der Waals surface area contributed by atoms with Gasteiger partial charge < -0.3 is 10.2 Å². The van der Waals surface area contributed by atoms with Crippen molar-refractivity contribution in [3.63, 3.8) is 0 Å². The number of carbonyl (C=O) groups is 2. The number of sulfonamides is 1. The molecule has 0 spiro atoms. The molecule has 3 aromatic carbocycles. The van der Waals surface area contributed by atoms with Crippen molar-refractivity contribution in [3.05, 3.63) is 101 Å². The molecule has 3 rings (SSSR count). The first-order valence-electron chi connectivity index (χ1n) is 12.8. The molecule has 0 fully saturated rings. The van der Waals surface area contributed by atoms with E-state index in [1.807, 2.05) is 75.4 Å². The average Bonchev–Trinajstić information content (AvgIpc) is 2.90. The third kappa shape index (κ3) is 7.76. The van der Waals surface area contributed by atoms with Gasteiger partial charge >= 0.3 is 0 Å². The lowest BCUT2D eigenvalue weighted by Gasteiger charge is -2.32. The summed E-state index contributed by atoms with van der Waals surface area (Å²) < 4.78 is 27.5. The zero-order valence-corrected chi connectivity index (χ0v) is 23.4. The molecule has 0 aromatic heterocycles. The molecular weight excluding hydrogens is 498 g/mol. The lowest BCUT2D eigenvalue weighted by molar-refractivity contribution is -0.141. The third-order valence-electron chi connectivity index (χ3n) is 6.34. The first kappa shape index (κ1) is 29.1. The van der Waals surface area contributed by atoms with E-state index < -0.39 is 28.5 Å². The molecule has 0 bridgehead atoms. The molecule has 7 nitrogen and oxygen atoms in total. The molecule has 1 atom stereocenters. The Hall–Kier alpha value is -3.49. The zero-order valence-electron chi connectivity index (χ0n) is 22.6. The van der Waals surface area contributed by atoms with Crippen LogP contribution in [-0.4, -0.2) is 55.6 Å². The van der Waals surface area contributed by atoms with Crippen molar-refractivity contribution in [1.82, 2.24) is 14.5 Å². The van der Waals surface area contributed by atoms with Crippen molar-refractivity contribution in [2.45, 2.75) is 51.1 Å². The second kappa shape index (κ2) is 13.3. The molecule has 0 aliphatic heterocycles. The van der Waals surface area contributed by atoms with Crippen molar-refractivity contribution in [3.8, 4) is 0 Å². The van der Waals surface area contributed by atoms with Gasteiger partial charge in [-0.05, 0) is 43.5 Å². The zero-order chi connectivity index (χ0) is 27.7. The van der Waals surface area contributed by atoms with Gasteiger partial charge in [0, 0.05) is 26.6 Å². The monoisotopic (exact) mass is 535 g/mol. The number of hydrogen-bond donors (Lipinski definition) is 1. The summed E-state index contributed by atoms with van der Waals surface area (Å²) in [5, 5.41) is 2.94. The van der Waals surface area contributed by atoms with Crippen LogP contribution in [0.15, 0.2) is 83.8 Å². The second-order valence-electron chi connectivity index (χ2n) is 9.58. The van der Waals surface area contributed by atoms with Crippen LogP contribution in [0, 0.1) is 13.8 Å². The summed E-state index contributed by atoms with van der Waals surface area (Å²) >= 11 is 0. The van der Waals surface area contributed by atoms with Gasteiger partial charge in [0.05, 0.1) is 11.4 Å². The molecule has 38 heavy (non-hydrogen) atoms. The molecule has 202 valence electrons. The van der Waals surface area contributed by atoms with Gasteiger partial charge in [-0.3, -0.25) is 9.59 Å². The SMILES string of the molecule is CCCNC(=O)C(Cc1ccccc1)N(Cc1cccc(C)c1)C(=O)CN(C)S(=O)(=O)c1ccc(C)cc1. The largest absolute Gasteiger partial charge is 0.354 e. The van der Waals surface area contributed by atoms with Crippen molar-refractivity contribution >= 4 is 21.8 Å². The summed E-state index contributed by atoms with van der Waals surface area (Å²) in [5.41, 5.74) is 3.74. The summed E-state index contributed by atoms with van der Waals surface area (Å²) in [5.74, 6) is -0.710. The average molecular weight is 536 g/mol. The molecule has 0 saturated carbocycles. The fourth-order valence-corrected chi connectivity index (χ4v) is 5.30. The fourth-order valence-electron chi connectivity index (χ4n) is 4.18. The maximum Gasteiger partial charge on any atom is 0.243 e. The van der Waals surface area contributed by atoms with E-state index in [0.29, 0.717) is 13.0 Å². The van der Waals surface area contributed by atoms with E-state index in [0.717, 1.165) is 33.0 Å². The van der Waals surface area contributed by atoms with Crippen LogP contribution in [0.2, 0.25) is 0 Å². The minimum absolute atomic E-state index is 0.116. The van der Waals surface area contributed by atoms with Crippen molar-refractivity contribution < 1.29 is 18.0 Å². The molecule has 0 radical (unpaired) electrons. The highest BCUT2D eigenvalue weighted by atomic mass is 32.2. The molecule has 8 heteroatoms. The van der Waals surface area contributed by atoms with E-state index in [4.69, 9.17) is 0 Å². The fraction of sp³-hybridized carbons (Fsp3) is 0.333. The van der Waals surface area contributed by atoms with Gasteiger partial charge in [0.2, 0.25) is 21.8 Å². The van der Waals surface area contributed by atoms with Crippen LogP contribution < -0.4 is 5.32 Å². The molecule has 2 amide bonds. The van der Waals surface area contributed by atoms with Crippen molar-refractivity contribution in [2.75, 3.05) is 20.1 Å². The van der Waals surface area contributed by atoms with E-state index in [2.05, 4.69) is 5.32 Å². The quantitative estimate of drug-likeness (QED) is 0.379. The maximum atomic E-state index is 13.8. The van der Waals surface area contributed by atoms with Gasteiger partial charge in [-0.2, -0.15) is 4.31 Å². The smallest absolute Gasteiger partial charge is 0.243 e. The Morgan fingerprint density at radius 2 is 1.53 bits per heavy atom. The van der Waals surface area contributed by atoms with Crippen LogP contribution >= 0.6 is 0 Å². The molecule has 1 N–H and O–H groups in total. The minimum Gasteiger partial charge on any atom is -0.354 e. The third-order valence-corrected chi connectivity index (χ3v) is 8.16. The summed E-state index contributed by atoms with van der Waals surface area (Å²) in [4.78, 5) is 28.9. The minimum atomic E-state index is -3.90. The Labute approximate surface area is 226 Å². The van der Waals surface area contributed by atoms with Gasteiger partial charge in [-0.15, -0.1) is 0 Å². The van der Waals surface area contributed by atoms with E-state index in [1.165, 1.54) is 24.1 Å². The number of benzene rings is 3. The lowest BCUT2D eigenvalue weighted by atomic mass is 10.0. The van der Waals surface area contributed by atoms with Crippen molar-refractivity contribution in [1.29, 1.82) is 0 Å². The summed E-state index contributed by atoms with van der Waals surface area (Å²) in [6, 6.07) is 23.0. The molecule has 3 aromatic rings. The van der Waals surface area contributed by atoms with Crippen LogP contribution in [0.3, 0.4) is 0 Å².